The van der Waals surface area contributed by atoms with Crippen LogP contribution in [0.15, 0.2) is 42.5 Å². The highest BCUT2D eigenvalue weighted by atomic mass is 35.5. The van der Waals surface area contributed by atoms with Crippen molar-refractivity contribution < 1.29 is 4.79 Å². The first kappa shape index (κ1) is 12.2. The van der Waals surface area contributed by atoms with Gasteiger partial charge in [-0.05, 0) is 52.3 Å². The van der Waals surface area contributed by atoms with Crippen LogP contribution in [0.1, 0.15) is 52.5 Å². The standard InChI is InChI=1S/C18H15ClO/c19-17(20)9-8-11-4-3-7-14-15-10-16(18(11)14)13-6-2-1-5-12(13)15/h1-7,15-16H,8-10H2. The Morgan fingerprint density at radius 3 is 2.45 bits per heavy atom. The summed E-state index contributed by atoms with van der Waals surface area (Å²) >= 11 is 5.50. The normalized spacial score (nSPS) is 21.6. The van der Waals surface area contributed by atoms with Crippen molar-refractivity contribution in [3.05, 3.63) is 70.3 Å². The number of halogens is 1. The molecule has 0 aliphatic heterocycles. The molecule has 0 aromatic heterocycles. The molecule has 2 unspecified atom stereocenters. The minimum absolute atomic E-state index is 0.244. The summed E-state index contributed by atoms with van der Waals surface area (Å²) in [6, 6.07) is 15.3. The van der Waals surface area contributed by atoms with Gasteiger partial charge in [0.05, 0.1) is 0 Å². The van der Waals surface area contributed by atoms with E-state index < -0.39 is 0 Å². The molecular weight excluding hydrogens is 268 g/mol. The summed E-state index contributed by atoms with van der Waals surface area (Å²) in [6.45, 7) is 0. The first-order valence-corrected chi connectivity index (χ1v) is 7.52. The number of carbonyl (C=O) groups excluding carboxylic acids is 1. The zero-order chi connectivity index (χ0) is 13.7. The number of hydrogen-bond donors (Lipinski definition) is 0. The van der Waals surface area contributed by atoms with E-state index in [0.29, 0.717) is 18.3 Å². The van der Waals surface area contributed by atoms with E-state index in [4.69, 9.17) is 11.6 Å². The van der Waals surface area contributed by atoms with Crippen molar-refractivity contribution in [3.63, 3.8) is 0 Å². The van der Waals surface area contributed by atoms with E-state index in [1.165, 1.54) is 34.2 Å². The first-order chi connectivity index (χ1) is 9.75. The van der Waals surface area contributed by atoms with Crippen LogP contribution in [0.3, 0.4) is 0 Å². The van der Waals surface area contributed by atoms with Crippen LogP contribution in [-0.2, 0) is 11.2 Å². The Bertz CT molecular complexity index is 704. The Balaban J connectivity index is 1.79. The van der Waals surface area contributed by atoms with Crippen LogP contribution in [-0.4, -0.2) is 5.24 Å². The minimum atomic E-state index is -0.244. The van der Waals surface area contributed by atoms with Gasteiger partial charge in [0.15, 0.2) is 0 Å². The molecule has 0 radical (unpaired) electrons. The van der Waals surface area contributed by atoms with Crippen molar-refractivity contribution in [2.24, 2.45) is 0 Å². The summed E-state index contributed by atoms with van der Waals surface area (Å²) in [6.07, 6.45) is 2.38. The second-order valence-corrected chi connectivity index (χ2v) is 6.17. The van der Waals surface area contributed by atoms with Crippen molar-refractivity contribution in [3.8, 4) is 0 Å². The van der Waals surface area contributed by atoms with Gasteiger partial charge in [0.2, 0.25) is 5.24 Å². The fourth-order valence-corrected chi connectivity index (χ4v) is 4.11. The summed E-state index contributed by atoms with van der Waals surface area (Å²) in [7, 11) is 0. The van der Waals surface area contributed by atoms with E-state index in [-0.39, 0.29) is 5.24 Å². The Kier molecular flexibility index (Phi) is 2.71. The SMILES string of the molecule is O=C(Cl)CCc1cccc2c1C1CC2c2ccccc21. The van der Waals surface area contributed by atoms with Crippen molar-refractivity contribution in [1.29, 1.82) is 0 Å². The Morgan fingerprint density at radius 1 is 1.00 bits per heavy atom. The number of rotatable bonds is 3. The molecule has 1 nitrogen and oxygen atoms in total. The fourth-order valence-electron chi connectivity index (χ4n) is 4.02. The molecule has 0 heterocycles. The van der Waals surface area contributed by atoms with E-state index in [1.807, 2.05) is 0 Å². The van der Waals surface area contributed by atoms with E-state index in [9.17, 15) is 4.79 Å². The predicted molar refractivity (Wildman–Crippen MR) is 80.4 cm³/mol. The molecule has 2 aliphatic rings. The highest BCUT2D eigenvalue weighted by Gasteiger charge is 2.41. The highest BCUT2D eigenvalue weighted by Crippen LogP contribution is 2.57. The van der Waals surface area contributed by atoms with Crippen LogP contribution >= 0.6 is 11.6 Å². The van der Waals surface area contributed by atoms with Gasteiger partial charge in [0, 0.05) is 18.3 Å². The van der Waals surface area contributed by atoms with Gasteiger partial charge in [-0.15, -0.1) is 0 Å². The molecule has 0 fully saturated rings. The minimum Gasteiger partial charge on any atom is -0.281 e. The van der Waals surface area contributed by atoms with E-state index in [2.05, 4.69) is 42.5 Å². The Morgan fingerprint density at radius 2 is 1.70 bits per heavy atom. The molecule has 0 N–H and O–H groups in total. The zero-order valence-electron chi connectivity index (χ0n) is 11.1. The molecule has 4 rings (SSSR count). The maximum Gasteiger partial charge on any atom is 0.221 e. The van der Waals surface area contributed by atoms with Gasteiger partial charge in [-0.1, -0.05) is 42.5 Å². The molecule has 2 aromatic rings. The van der Waals surface area contributed by atoms with Crippen LogP contribution < -0.4 is 0 Å². The van der Waals surface area contributed by atoms with Crippen molar-refractivity contribution >= 4 is 16.8 Å². The van der Waals surface area contributed by atoms with Gasteiger partial charge >= 0.3 is 0 Å². The average molecular weight is 283 g/mol. The van der Waals surface area contributed by atoms with Crippen molar-refractivity contribution in [2.45, 2.75) is 31.1 Å². The topological polar surface area (TPSA) is 17.1 Å². The molecule has 0 amide bonds. The number of fused-ring (bicyclic) bond motifs is 8. The van der Waals surface area contributed by atoms with E-state index in [0.717, 1.165) is 6.42 Å². The molecule has 0 saturated carbocycles. The monoisotopic (exact) mass is 282 g/mol. The summed E-state index contributed by atoms with van der Waals surface area (Å²) in [5.41, 5.74) is 7.21. The third kappa shape index (κ3) is 1.66. The van der Waals surface area contributed by atoms with Crippen molar-refractivity contribution in [2.75, 3.05) is 0 Å². The third-order valence-corrected chi connectivity index (χ3v) is 4.95. The summed E-state index contributed by atoms with van der Waals surface area (Å²) in [5.74, 6) is 1.07. The largest absolute Gasteiger partial charge is 0.281 e. The third-order valence-electron chi connectivity index (χ3n) is 4.76. The lowest BCUT2D eigenvalue weighted by molar-refractivity contribution is -0.111. The molecule has 20 heavy (non-hydrogen) atoms. The van der Waals surface area contributed by atoms with Gasteiger partial charge < -0.3 is 0 Å². The van der Waals surface area contributed by atoms with Crippen LogP contribution in [0, 0.1) is 0 Å². The second-order valence-electron chi connectivity index (χ2n) is 5.74. The Labute approximate surface area is 123 Å². The lowest BCUT2D eigenvalue weighted by atomic mass is 9.83. The molecule has 2 bridgehead atoms. The van der Waals surface area contributed by atoms with Crippen LogP contribution in [0.2, 0.25) is 0 Å². The van der Waals surface area contributed by atoms with E-state index >= 15 is 0 Å². The number of hydrogen-bond acceptors (Lipinski definition) is 1. The van der Waals surface area contributed by atoms with Gasteiger partial charge in [-0.3, -0.25) is 4.79 Å². The summed E-state index contributed by atoms with van der Waals surface area (Å²) < 4.78 is 0. The maximum atomic E-state index is 11.0. The van der Waals surface area contributed by atoms with Gasteiger partial charge in [-0.25, -0.2) is 0 Å². The lowest BCUT2D eigenvalue weighted by Gasteiger charge is -2.21. The summed E-state index contributed by atoms with van der Waals surface area (Å²) in [5, 5.41) is -0.244. The molecular formula is C18H15ClO. The fraction of sp³-hybridized carbons (Fsp3) is 0.278. The molecule has 2 atom stereocenters. The van der Waals surface area contributed by atoms with Crippen LogP contribution in [0.25, 0.3) is 0 Å². The maximum absolute atomic E-state index is 11.0. The zero-order valence-corrected chi connectivity index (χ0v) is 11.9. The number of benzene rings is 2. The molecule has 100 valence electrons. The average Bonchev–Trinajstić information content (AvgIpc) is 3.02. The van der Waals surface area contributed by atoms with Gasteiger partial charge in [0.1, 0.15) is 0 Å². The highest BCUT2D eigenvalue weighted by molar-refractivity contribution is 6.63. The molecule has 0 saturated heterocycles. The number of carbonyl (C=O) groups is 1. The molecule has 2 aliphatic carbocycles. The summed E-state index contributed by atoms with van der Waals surface area (Å²) in [4.78, 5) is 11.0. The molecule has 2 aromatic carbocycles. The smallest absolute Gasteiger partial charge is 0.221 e. The quantitative estimate of drug-likeness (QED) is 0.764. The molecule has 0 spiro atoms. The second kappa shape index (κ2) is 4.46. The lowest BCUT2D eigenvalue weighted by Crippen LogP contribution is -2.07. The first-order valence-electron chi connectivity index (χ1n) is 7.14. The van der Waals surface area contributed by atoms with Crippen LogP contribution in [0.4, 0.5) is 0 Å². The Hall–Kier alpha value is -1.60. The number of aryl methyl sites for hydroxylation is 1. The predicted octanol–water partition coefficient (Wildman–Crippen LogP) is 4.37. The van der Waals surface area contributed by atoms with Crippen molar-refractivity contribution in [1.82, 2.24) is 0 Å². The molecule has 2 heteroatoms. The van der Waals surface area contributed by atoms with Crippen LogP contribution in [0.5, 0.6) is 0 Å². The van der Waals surface area contributed by atoms with E-state index in [1.54, 1.807) is 0 Å². The van der Waals surface area contributed by atoms with Gasteiger partial charge in [0.25, 0.3) is 0 Å². The van der Waals surface area contributed by atoms with Gasteiger partial charge in [-0.2, -0.15) is 0 Å².